The molecule has 2 rings (SSSR count). The molecule has 0 aliphatic carbocycles. The average Bonchev–Trinajstić information content (AvgIpc) is 2.88. The van der Waals surface area contributed by atoms with Crippen molar-refractivity contribution < 1.29 is 23.5 Å². The van der Waals surface area contributed by atoms with E-state index < -0.39 is 11.8 Å². The van der Waals surface area contributed by atoms with Gasteiger partial charge in [0.05, 0.1) is 26.3 Å². The summed E-state index contributed by atoms with van der Waals surface area (Å²) in [7, 11) is 2.62. The molecule has 24 heavy (non-hydrogen) atoms. The van der Waals surface area contributed by atoms with Gasteiger partial charge in [0.25, 0.3) is 0 Å². The fourth-order valence-electron chi connectivity index (χ4n) is 2.73. The van der Waals surface area contributed by atoms with Crippen LogP contribution in [0.15, 0.2) is 12.1 Å². The molecule has 7 heteroatoms. The minimum Gasteiger partial charge on any atom is -0.496 e. The highest BCUT2D eigenvalue weighted by molar-refractivity contribution is 5.90. The Bertz CT molecular complexity index is 655. The summed E-state index contributed by atoms with van der Waals surface area (Å²) in [5.41, 5.74) is 0.0459. The largest absolute Gasteiger partial charge is 0.496 e. The molecule has 1 heterocycles. The Balaban J connectivity index is 2.26. The molecule has 0 spiro atoms. The number of ether oxygens (including phenoxy) is 2. The Morgan fingerprint density at radius 2 is 1.92 bits per heavy atom. The fraction of sp³-hybridized carbons (Fsp3) is 0.529. The molecule has 0 unspecified atom stereocenters. The minimum absolute atomic E-state index is 0.0954. The number of carbonyl (C=O) groups is 2. The lowest BCUT2D eigenvalue weighted by Crippen LogP contribution is -2.44. The van der Waals surface area contributed by atoms with E-state index in [1.54, 1.807) is 9.80 Å². The van der Waals surface area contributed by atoms with Crippen molar-refractivity contribution in [2.45, 2.75) is 32.9 Å². The zero-order valence-electron chi connectivity index (χ0n) is 14.7. The van der Waals surface area contributed by atoms with Crippen LogP contribution in [-0.4, -0.2) is 54.6 Å². The Morgan fingerprint density at radius 3 is 2.42 bits per heavy atom. The van der Waals surface area contributed by atoms with Gasteiger partial charge in [-0.3, -0.25) is 0 Å². The lowest BCUT2D eigenvalue weighted by atomic mass is 10.1. The van der Waals surface area contributed by atoms with Gasteiger partial charge in [-0.25, -0.2) is 14.0 Å². The van der Waals surface area contributed by atoms with Gasteiger partial charge in [0, 0.05) is 24.2 Å². The van der Waals surface area contributed by atoms with Crippen molar-refractivity contribution in [1.82, 2.24) is 9.80 Å². The van der Waals surface area contributed by atoms with Crippen molar-refractivity contribution in [2.75, 3.05) is 27.3 Å². The predicted molar refractivity (Wildman–Crippen MR) is 86.6 cm³/mol. The third kappa shape index (κ3) is 3.44. The maximum Gasteiger partial charge on any atom is 0.340 e. The first-order chi connectivity index (χ1) is 11.2. The summed E-state index contributed by atoms with van der Waals surface area (Å²) in [4.78, 5) is 27.5. The van der Waals surface area contributed by atoms with E-state index in [0.29, 0.717) is 24.4 Å². The highest BCUT2D eigenvalue weighted by atomic mass is 19.1. The van der Waals surface area contributed by atoms with E-state index >= 15 is 0 Å². The summed E-state index contributed by atoms with van der Waals surface area (Å²) in [6.45, 7) is 7.30. The maximum absolute atomic E-state index is 14.2. The number of nitrogens with zero attached hydrogens (tertiary/aromatic N) is 2. The number of benzene rings is 1. The first-order valence-corrected chi connectivity index (χ1v) is 7.70. The molecule has 132 valence electrons. The zero-order valence-corrected chi connectivity index (χ0v) is 14.7. The number of hydrogen-bond donors (Lipinski definition) is 0. The van der Waals surface area contributed by atoms with Gasteiger partial charge in [0.15, 0.2) is 0 Å². The van der Waals surface area contributed by atoms with Crippen LogP contribution in [0.4, 0.5) is 9.18 Å². The molecule has 2 amide bonds. The van der Waals surface area contributed by atoms with E-state index in [0.717, 1.165) is 0 Å². The monoisotopic (exact) mass is 338 g/mol. The van der Waals surface area contributed by atoms with Crippen molar-refractivity contribution in [3.8, 4) is 5.75 Å². The summed E-state index contributed by atoms with van der Waals surface area (Å²) in [6, 6.07) is 2.43. The third-order valence-corrected chi connectivity index (χ3v) is 4.04. The van der Waals surface area contributed by atoms with Crippen LogP contribution in [0.2, 0.25) is 0 Å². The second-order valence-electron chi connectivity index (χ2n) is 6.66. The van der Waals surface area contributed by atoms with E-state index in [1.165, 1.54) is 26.4 Å². The summed E-state index contributed by atoms with van der Waals surface area (Å²) < 4.78 is 24.0. The molecular weight excluding hydrogens is 315 g/mol. The standard InChI is InChI=1S/C17H23FN2O4/c1-17(2,3)20-7-6-19(16(20)22)10-11-8-13(18)12(15(21)24-5)9-14(11)23-4/h8-9H,6-7,10H2,1-5H3. The lowest BCUT2D eigenvalue weighted by molar-refractivity contribution is 0.0595. The van der Waals surface area contributed by atoms with Crippen LogP contribution < -0.4 is 4.74 Å². The molecule has 6 nitrogen and oxygen atoms in total. The second kappa shape index (κ2) is 6.67. The molecule has 0 bridgehead atoms. The van der Waals surface area contributed by atoms with Gasteiger partial charge < -0.3 is 19.3 Å². The number of amides is 2. The SMILES string of the molecule is COC(=O)c1cc(OC)c(CN2CCN(C(C)(C)C)C2=O)cc1F. The molecule has 1 fully saturated rings. The summed E-state index contributed by atoms with van der Waals surface area (Å²) >= 11 is 0. The Labute approximate surface area is 141 Å². The van der Waals surface area contributed by atoms with Gasteiger partial charge in [-0.05, 0) is 32.9 Å². The number of rotatable bonds is 4. The first kappa shape index (κ1) is 18.0. The van der Waals surface area contributed by atoms with Crippen LogP contribution >= 0.6 is 0 Å². The molecule has 0 aromatic heterocycles. The summed E-state index contributed by atoms with van der Waals surface area (Å²) in [5, 5.41) is 0. The van der Waals surface area contributed by atoms with Crippen LogP contribution in [0.3, 0.4) is 0 Å². The number of hydrogen-bond acceptors (Lipinski definition) is 4. The lowest BCUT2D eigenvalue weighted by Gasteiger charge is -2.31. The molecule has 1 aliphatic heterocycles. The Morgan fingerprint density at radius 1 is 1.25 bits per heavy atom. The van der Waals surface area contributed by atoms with Gasteiger partial charge >= 0.3 is 12.0 Å². The van der Waals surface area contributed by atoms with Crippen LogP contribution in [0.5, 0.6) is 5.75 Å². The predicted octanol–water partition coefficient (Wildman–Crippen LogP) is 2.66. The van der Waals surface area contributed by atoms with Gasteiger partial charge in [-0.2, -0.15) is 0 Å². The zero-order chi connectivity index (χ0) is 18.1. The van der Waals surface area contributed by atoms with Crippen LogP contribution in [0.25, 0.3) is 0 Å². The van der Waals surface area contributed by atoms with Gasteiger partial charge in [0.2, 0.25) is 0 Å². The number of halogens is 1. The minimum atomic E-state index is -0.770. The van der Waals surface area contributed by atoms with Gasteiger partial charge in [-0.15, -0.1) is 0 Å². The molecular formula is C17H23FN2O4. The fourth-order valence-corrected chi connectivity index (χ4v) is 2.73. The van der Waals surface area contributed by atoms with Crippen molar-refractivity contribution in [1.29, 1.82) is 0 Å². The number of carbonyl (C=O) groups excluding carboxylic acids is 2. The van der Waals surface area contributed by atoms with E-state index in [2.05, 4.69) is 4.74 Å². The van der Waals surface area contributed by atoms with E-state index in [9.17, 15) is 14.0 Å². The topological polar surface area (TPSA) is 59.1 Å². The molecule has 0 atom stereocenters. The van der Waals surface area contributed by atoms with Crippen molar-refractivity contribution in [3.05, 3.63) is 29.1 Å². The quantitative estimate of drug-likeness (QED) is 0.792. The second-order valence-corrected chi connectivity index (χ2v) is 6.66. The van der Waals surface area contributed by atoms with Crippen molar-refractivity contribution in [2.24, 2.45) is 0 Å². The van der Waals surface area contributed by atoms with Crippen molar-refractivity contribution in [3.63, 3.8) is 0 Å². The molecule has 0 saturated carbocycles. The van der Waals surface area contributed by atoms with Crippen LogP contribution in [0.1, 0.15) is 36.7 Å². The summed E-state index contributed by atoms with van der Waals surface area (Å²) in [6.07, 6.45) is 0. The number of esters is 1. The van der Waals surface area contributed by atoms with Crippen LogP contribution in [0, 0.1) is 5.82 Å². The van der Waals surface area contributed by atoms with E-state index in [4.69, 9.17) is 4.74 Å². The molecule has 0 N–H and O–H groups in total. The van der Waals surface area contributed by atoms with E-state index in [-0.39, 0.29) is 23.7 Å². The van der Waals surface area contributed by atoms with Crippen LogP contribution in [-0.2, 0) is 11.3 Å². The molecule has 1 saturated heterocycles. The summed E-state index contributed by atoms with van der Waals surface area (Å²) in [5.74, 6) is -1.12. The highest BCUT2D eigenvalue weighted by Crippen LogP contribution is 2.28. The number of urea groups is 1. The maximum atomic E-state index is 14.2. The normalized spacial score (nSPS) is 15.0. The highest BCUT2D eigenvalue weighted by Gasteiger charge is 2.36. The van der Waals surface area contributed by atoms with E-state index in [1.807, 2.05) is 20.8 Å². The molecule has 1 aromatic carbocycles. The Hall–Kier alpha value is -2.31. The van der Waals surface area contributed by atoms with Gasteiger partial charge in [-0.1, -0.05) is 0 Å². The molecule has 1 aromatic rings. The third-order valence-electron chi connectivity index (χ3n) is 4.04. The Kier molecular flexibility index (Phi) is 5.01. The number of methoxy groups -OCH3 is 2. The smallest absolute Gasteiger partial charge is 0.340 e. The average molecular weight is 338 g/mol. The van der Waals surface area contributed by atoms with Crippen molar-refractivity contribution >= 4 is 12.0 Å². The van der Waals surface area contributed by atoms with Gasteiger partial charge in [0.1, 0.15) is 11.6 Å². The first-order valence-electron chi connectivity index (χ1n) is 7.70. The molecule has 0 radical (unpaired) electrons. The molecule has 1 aliphatic rings.